The molecule has 8 nitrogen and oxygen atoms in total. The normalized spacial score (nSPS) is 16.6. The zero-order valence-electron chi connectivity index (χ0n) is 25.0. The van der Waals surface area contributed by atoms with E-state index < -0.39 is 29.2 Å². The van der Waals surface area contributed by atoms with E-state index >= 15 is 8.78 Å². The number of hydrogen-bond acceptors (Lipinski definition) is 7. The molecule has 1 aliphatic carbocycles. The van der Waals surface area contributed by atoms with Crippen LogP contribution in [0.1, 0.15) is 50.9 Å². The van der Waals surface area contributed by atoms with Crippen molar-refractivity contribution in [3.63, 3.8) is 0 Å². The summed E-state index contributed by atoms with van der Waals surface area (Å²) in [6.45, 7) is 0.955. The predicted octanol–water partition coefficient (Wildman–Crippen LogP) is 7.18. The molecule has 0 bridgehead atoms. The first-order chi connectivity index (χ1) is 23.0. The van der Waals surface area contributed by atoms with E-state index in [1.807, 2.05) is 0 Å². The van der Waals surface area contributed by atoms with Gasteiger partial charge in [-0.05, 0) is 61.2 Å². The van der Waals surface area contributed by atoms with Crippen molar-refractivity contribution in [2.45, 2.75) is 51.1 Å². The first-order valence-electron chi connectivity index (χ1n) is 14.9. The lowest BCUT2D eigenvalue weighted by molar-refractivity contribution is -0.168. The maximum atomic E-state index is 15.5. The number of pyridine rings is 1. The number of rotatable bonds is 9. The highest BCUT2D eigenvalue weighted by Gasteiger charge is 2.62. The average Bonchev–Trinajstić information content (AvgIpc) is 3.59. The van der Waals surface area contributed by atoms with Crippen molar-refractivity contribution in [2.24, 2.45) is 5.41 Å². The van der Waals surface area contributed by atoms with E-state index in [1.54, 1.807) is 16.7 Å². The summed E-state index contributed by atoms with van der Waals surface area (Å²) in [6.07, 6.45) is -2.34. The number of halogens is 5. The summed E-state index contributed by atoms with van der Waals surface area (Å²) < 4.78 is 83.5. The lowest BCUT2D eigenvalue weighted by atomic mass is 10.0. The Bertz CT molecular complexity index is 2110. The van der Waals surface area contributed by atoms with Crippen LogP contribution in [0.3, 0.4) is 0 Å². The summed E-state index contributed by atoms with van der Waals surface area (Å²) in [6, 6.07) is 11.3. The number of imidazole rings is 1. The number of carbonyl (C=O) groups is 1. The molecule has 2 fully saturated rings. The highest BCUT2D eigenvalue weighted by molar-refractivity contribution is 7.12. The molecule has 0 spiro atoms. The molecule has 7 rings (SSSR count). The number of ether oxygens (including phenoxy) is 2. The molecule has 48 heavy (non-hydrogen) atoms. The fraction of sp³-hybridized carbons (Fsp3) is 0.294. The number of carboxylic acids is 1. The minimum Gasteiger partial charge on any atom is -0.478 e. The van der Waals surface area contributed by atoms with Crippen molar-refractivity contribution in [2.75, 3.05) is 6.61 Å². The molecule has 4 heterocycles. The van der Waals surface area contributed by atoms with Gasteiger partial charge in [-0.1, -0.05) is 17.9 Å². The van der Waals surface area contributed by atoms with Crippen molar-refractivity contribution in [1.29, 1.82) is 0 Å². The molecular formula is C34H25F5N4O4S. The van der Waals surface area contributed by atoms with Crippen LogP contribution >= 0.6 is 11.3 Å². The van der Waals surface area contributed by atoms with E-state index in [9.17, 15) is 23.1 Å². The Morgan fingerprint density at radius 2 is 1.94 bits per heavy atom. The van der Waals surface area contributed by atoms with Gasteiger partial charge in [0, 0.05) is 24.7 Å². The molecule has 14 heteroatoms. The first-order valence-corrected chi connectivity index (χ1v) is 15.8. The van der Waals surface area contributed by atoms with Crippen LogP contribution in [-0.4, -0.2) is 49.5 Å². The molecule has 0 unspecified atom stereocenters. The van der Waals surface area contributed by atoms with Crippen LogP contribution in [0, 0.1) is 28.9 Å². The smallest absolute Gasteiger partial charge is 0.405 e. The number of fused-ring (bicyclic) bond motifs is 1. The summed E-state index contributed by atoms with van der Waals surface area (Å²) in [7, 11) is 0. The van der Waals surface area contributed by atoms with E-state index in [1.165, 1.54) is 30.5 Å². The predicted molar refractivity (Wildman–Crippen MR) is 164 cm³/mol. The van der Waals surface area contributed by atoms with Crippen LogP contribution in [0.25, 0.3) is 22.3 Å². The van der Waals surface area contributed by atoms with Crippen LogP contribution in [0.15, 0.2) is 54.7 Å². The maximum Gasteiger partial charge on any atom is 0.405 e. The highest BCUT2D eigenvalue weighted by atomic mass is 32.1. The summed E-state index contributed by atoms with van der Waals surface area (Å²) in [5.41, 5.74) is -0.661. The second-order valence-corrected chi connectivity index (χ2v) is 12.7. The molecule has 1 aliphatic heterocycles. The van der Waals surface area contributed by atoms with Crippen LogP contribution in [0.5, 0.6) is 5.88 Å². The molecular weight excluding hydrogens is 655 g/mol. The van der Waals surface area contributed by atoms with Crippen molar-refractivity contribution in [1.82, 2.24) is 19.5 Å². The van der Waals surface area contributed by atoms with Gasteiger partial charge in [-0.25, -0.2) is 28.5 Å². The summed E-state index contributed by atoms with van der Waals surface area (Å²) >= 11 is 1.10. The molecule has 1 saturated carbocycles. The molecule has 1 N–H and O–H groups in total. The monoisotopic (exact) mass is 680 g/mol. The van der Waals surface area contributed by atoms with Gasteiger partial charge in [0.05, 0.1) is 46.0 Å². The summed E-state index contributed by atoms with van der Waals surface area (Å²) in [5, 5.41) is 9.93. The zero-order chi connectivity index (χ0) is 33.6. The molecule has 246 valence electrons. The van der Waals surface area contributed by atoms with E-state index in [4.69, 9.17) is 9.47 Å². The van der Waals surface area contributed by atoms with Crippen molar-refractivity contribution >= 4 is 28.3 Å². The van der Waals surface area contributed by atoms with E-state index in [-0.39, 0.29) is 60.2 Å². The van der Waals surface area contributed by atoms with Crippen LogP contribution in [0.2, 0.25) is 0 Å². The van der Waals surface area contributed by atoms with Crippen molar-refractivity contribution < 1.29 is 41.3 Å². The van der Waals surface area contributed by atoms with Gasteiger partial charge in [0.2, 0.25) is 5.88 Å². The van der Waals surface area contributed by atoms with Gasteiger partial charge in [0.15, 0.2) is 0 Å². The molecule has 2 aromatic carbocycles. The van der Waals surface area contributed by atoms with Crippen molar-refractivity contribution in [3.8, 4) is 29.0 Å². The third kappa shape index (κ3) is 6.35. The lowest BCUT2D eigenvalue weighted by Gasteiger charge is -2.27. The number of aromatic carboxylic acids is 1. The lowest BCUT2D eigenvalue weighted by Crippen LogP contribution is -2.31. The number of thiazole rings is 1. The second kappa shape index (κ2) is 12.3. The van der Waals surface area contributed by atoms with Crippen LogP contribution in [-0.2, 0) is 24.3 Å². The van der Waals surface area contributed by atoms with E-state index in [0.29, 0.717) is 39.9 Å². The SMILES string of the molecule is O=C(O)c1ccc2nc(Cc3cc(F)c(-c4cccc(OCc5ncc(C#CC6(C(F)(F)F)CC6)s5)n4)cc3F)n(C[C@@H]3CCO3)c2c1. The highest BCUT2D eigenvalue weighted by Crippen LogP contribution is 2.57. The topological polar surface area (TPSA) is 99.4 Å². The summed E-state index contributed by atoms with van der Waals surface area (Å²) in [4.78, 5) is 25.0. The fourth-order valence-corrected chi connectivity index (χ4v) is 6.05. The van der Waals surface area contributed by atoms with Gasteiger partial charge < -0.3 is 19.1 Å². The Hall–Kier alpha value is -4.87. The van der Waals surface area contributed by atoms with E-state index in [2.05, 4.69) is 26.8 Å². The second-order valence-electron chi connectivity index (χ2n) is 11.6. The Balaban J connectivity index is 1.08. The molecule has 1 saturated heterocycles. The molecule has 2 aliphatic rings. The minimum atomic E-state index is -4.37. The Morgan fingerprint density at radius 1 is 1.12 bits per heavy atom. The standard InChI is InChI=1S/C34H25F5N4O4S/c35-24-15-23(26-2-1-3-30(42-26)47-18-31-40-16-22(48-31)6-8-33(9-10-33)34(37,38)39)25(36)12-20(24)14-29-41-27-5-4-19(32(44)45)13-28(27)43(29)17-21-7-11-46-21/h1-5,12-13,15-16,21H,7,9-11,14,17-18H2,(H,44,45)/t21-/m0/s1. The number of hydrogen-bond donors (Lipinski definition) is 1. The fourth-order valence-electron chi connectivity index (χ4n) is 5.37. The third-order valence-electron chi connectivity index (χ3n) is 8.35. The molecule has 0 amide bonds. The van der Waals surface area contributed by atoms with E-state index in [0.717, 1.165) is 29.9 Å². The van der Waals surface area contributed by atoms with Gasteiger partial charge in [0.1, 0.15) is 34.5 Å². The molecule has 0 radical (unpaired) electrons. The minimum absolute atomic E-state index is 0.0106. The van der Waals surface area contributed by atoms with Crippen molar-refractivity contribution in [3.05, 3.63) is 93.2 Å². The number of nitrogens with zero attached hydrogens (tertiary/aromatic N) is 4. The average molecular weight is 681 g/mol. The van der Waals surface area contributed by atoms with Gasteiger partial charge >= 0.3 is 12.1 Å². The number of alkyl halides is 3. The van der Waals surface area contributed by atoms with Crippen LogP contribution < -0.4 is 4.74 Å². The Morgan fingerprint density at radius 3 is 2.65 bits per heavy atom. The van der Waals surface area contributed by atoms with Gasteiger partial charge in [-0.3, -0.25) is 0 Å². The largest absolute Gasteiger partial charge is 0.478 e. The number of carboxylic acid groups (broad SMARTS) is 1. The molecule has 1 atom stereocenters. The van der Waals surface area contributed by atoms with Gasteiger partial charge in [-0.2, -0.15) is 13.2 Å². The Kier molecular flexibility index (Phi) is 8.13. The quantitative estimate of drug-likeness (QED) is 0.130. The molecule has 5 aromatic rings. The third-order valence-corrected chi connectivity index (χ3v) is 9.24. The first kappa shape index (κ1) is 31.7. The maximum absolute atomic E-state index is 15.5. The molecule has 3 aromatic heterocycles. The number of benzene rings is 2. The number of aromatic nitrogens is 4. The summed E-state index contributed by atoms with van der Waals surface area (Å²) in [5.74, 6) is 2.97. The van der Waals surface area contributed by atoms with Gasteiger partial charge in [-0.15, -0.1) is 11.3 Å². The van der Waals surface area contributed by atoms with Crippen LogP contribution in [0.4, 0.5) is 22.0 Å². The zero-order valence-corrected chi connectivity index (χ0v) is 25.8. The van der Waals surface area contributed by atoms with Gasteiger partial charge in [0.25, 0.3) is 0 Å². The Labute approximate surface area is 274 Å².